The number of ether oxygens (including phenoxy) is 1. The molecular formula is C18H21F2NO. The lowest BCUT2D eigenvalue weighted by molar-refractivity contribution is 0.0156. The van der Waals surface area contributed by atoms with Crippen molar-refractivity contribution in [2.24, 2.45) is 0 Å². The van der Waals surface area contributed by atoms with Gasteiger partial charge >= 0.3 is 0 Å². The molecule has 118 valence electrons. The fourth-order valence-electron chi connectivity index (χ4n) is 2.64. The van der Waals surface area contributed by atoms with Gasteiger partial charge in [0.25, 0.3) is 5.92 Å². The van der Waals surface area contributed by atoms with E-state index in [-0.39, 0.29) is 12.2 Å². The second-order valence-corrected chi connectivity index (χ2v) is 5.52. The van der Waals surface area contributed by atoms with E-state index in [2.05, 4.69) is 5.32 Å². The summed E-state index contributed by atoms with van der Waals surface area (Å²) in [6, 6.07) is 10.3. The fourth-order valence-corrected chi connectivity index (χ4v) is 2.64. The van der Waals surface area contributed by atoms with Crippen LogP contribution in [-0.4, -0.2) is 7.05 Å². The summed E-state index contributed by atoms with van der Waals surface area (Å²) in [4.78, 5) is 0. The largest absolute Gasteiger partial charge is 0.489 e. The molecule has 0 aliphatic heterocycles. The summed E-state index contributed by atoms with van der Waals surface area (Å²) in [6.45, 7) is 5.00. The fraction of sp³-hybridized carbons (Fsp3) is 0.333. The number of halogens is 2. The van der Waals surface area contributed by atoms with Crippen molar-refractivity contribution in [3.05, 3.63) is 58.7 Å². The monoisotopic (exact) mass is 305 g/mol. The smallest absolute Gasteiger partial charge is 0.270 e. The summed E-state index contributed by atoms with van der Waals surface area (Å²) in [5.41, 5.74) is 3.70. The summed E-state index contributed by atoms with van der Waals surface area (Å²) in [7, 11) is 1.87. The zero-order valence-electron chi connectivity index (χ0n) is 13.3. The predicted octanol–water partition coefficient (Wildman–Crippen LogP) is 5.04. The van der Waals surface area contributed by atoms with E-state index in [1.54, 1.807) is 18.2 Å². The van der Waals surface area contributed by atoms with Crippen LogP contribution in [-0.2, 0) is 12.5 Å². The van der Waals surface area contributed by atoms with Gasteiger partial charge in [-0.15, -0.1) is 0 Å². The molecular weight excluding hydrogens is 284 g/mol. The molecule has 0 aliphatic carbocycles. The highest BCUT2D eigenvalue weighted by Crippen LogP contribution is 2.31. The van der Waals surface area contributed by atoms with Gasteiger partial charge in [0.2, 0.25) is 0 Å². The summed E-state index contributed by atoms with van der Waals surface area (Å²) in [5, 5.41) is 3.14. The third-order valence-electron chi connectivity index (χ3n) is 3.64. The molecule has 0 aromatic heterocycles. The molecule has 2 aromatic rings. The van der Waals surface area contributed by atoms with Crippen LogP contribution >= 0.6 is 0 Å². The Kier molecular flexibility index (Phi) is 4.69. The number of benzene rings is 2. The first-order chi connectivity index (χ1) is 10.3. The molecule has 0 spiro atoms. The van der Waals surface area contributed by atoms with E-state index in [0.29, 0.717) is 11.3 Å². The number of anilines is 1. The quantitative estimate of drug-likeness (QED) is 0.836. The van der Waals surface area contributed by atoms with Crippen LogP contribution in [0, 0.1) is 13.8 Å². The van der Waals surface area contributed by atoms with Crippen LogP contribution in [0.3, 0.4) is 0 Å². The van der Waals surface area contributed by atoms with Gasteiger partial charge in [0, 0.05) is 25.2 Å². The van der Waals surface area contributed by atoms with Crippen molar-refractivity contribution in [3.8, 4) is 5.75 Å². The van der Waals surface area contributed by atoms with Crippen LogP contribution in [0.5, 0.6) is 5.75 Å². The van der Waals surface area contributed by atoms with E-state index in [9.17, 15) is 8.78 Å². The maximum absolute atomic E-state index is 13.6. The van der Waals surface area contributed by atoms with Crippen molar-refractivity contribution < 1.29 is 13.5 Å². The third-order valence-corrected chi connectivity index (χ3v) is 3.64. The minimum Gasteiger partial charge on any atom is -0.489 e. The summed E-state index contributed by atoms with van der Waals surface area (Å²) in [5.74, 6) is -2.19. The number of hydrogen-bond acceptors (Lipinski definition) is 2. The lowest BCUT2D eigenvalue weighted by Gasteiger charge is -2.17. The van der Waals surface area contributed by atoms with Gasteiger partial charge in [-0.2, -0.15) is 0 Å². The molecule has 0 fully saturated rings. The number of alkyl halides is 2. The van der Waals surface area contributed by atoms with Crippen LogP contribution in [0.2, 0.25) is 0 Å². The number of hydrogen-bond donors (Lipinski definition) is 1. The van der Waals surface area contributed by atoms with Gasteiger partial charge in [-0.25, -0.2) is 8.78 Å². The first kappa shape index (κ1) is 16.3. The second-order valence-electron chi connectivity index (χ2n) is 5.52. The first-order valence-corrected chi connectivity index (χ1v) is 7.21. The van der Waals surface area contributed by atoms with E-state index in [4.69, 9.17) is 4.74 Å². The molecule has 2 nitrogen and oxygen atoms in total. The molecule has 2 rings (SSSR count). The second kappa shape index (κ2) is 6.34. The molecule has 0 radical (unpaired) electrons. The molecule has 0 amide bonds. The summed E-state index contributed by atoms with van der Waals surface area (Å²) < 4.78 is 32.9. The molecule has 2 aromatic carbocycles. The van der Waals surface area contributed by atoms with Gasteiger partial charge in [0.05, 0.1) is 0 Å². The molecule has 0 aliphatic rings. The van der Waals surface area contributed by atoms with Gasteiger partial charge in [-0.3, -0.25) is 0 Å². The van der Waals surface area contributed by atoms with Crippen LogP contribution in [0.25, 0.3) is 0 Å². The van der Waals surface area contributed by atoms with Crippen LogP contribution in [0.4, 0.5) is 14.5 Å². The standard InChI is InChI=1S/C18H21F2NO/c1-12-9-15(10-13(2)17(12)21-4)22-11-14-7-5-6-8-16(14)18(3,19)20/h5-10,21H,11H2,1-4H3. The predicted molar refractivity (Wildman–Crippen MR) is 85.8 cm³/mol. The molecule has 0 unspecified atom stereocenters. The number of rotatable bonds is 5. The topological polar surface area (TPSA) is 21.3 Å². The van der Waals surface area contributed by atoms with Gasteiger partial charge in [-0.1, -0.05) is 24.3 Å². The Hall–Kier alpha value is -2.10. The Balaban J connectivity index is 2.21. The Labute approximate surface area is 130 Å². The van der Waals surface area contributed by atoms with Gasteiger partial charge < -0.3 is 10.1 Å². The molecule has 0 atom stereocenters. The Morgan fingerprint density at radius 1 is 1.09 bits per heavy atom. The van der Waals surface area contributed by atoms with Crippen LogP contribution in [0.1, 0.15) is 29.2 Å². The van der Waals surface area contributed by atoms with Crippen molar-refractivity contribution in [2.45, 2.75) is 33.3 Å². The summed E-state index contributed by atoms with van der Waals surface area (Å²) in [6.07, 6.45) is 0. The van der Waals surface area contributed by atoms with Crippen LogP contribution in [0.15, 0.2) is 36.4 Å². The minimum absolute atomic E-state index is 0.00953. The Morgan fingerprint density at radius 3 is 2.23 bits per heavy atom. The average Bonchev–Trinajstić information content (AvgIpc) is 2.44. The van der Waals surface area contributed by atoms with Gasteiger partial charge in [-0.05, 0) is 42.7 Å². The van der Waals surface area contributed by atoms with E-state index in [1.807, 2.05) is 33.0 Å². The highest BCUT2D eigenvalue weighted by molar-refractivity contribution is 5.59. The maximum atomic E-state index is 13.6. The van der Waals surface area contributed by atoms with Crippen LogP contribution < -0.4 is 10.1 Å². The average molecular weight is 305 g/mol. The highest BCUT2D eigenvalue weighted by atomic mass is 19.3. The zero-order chi connectivity index (χ0) is 16.3. The molecule has 0 heterocycles. The highest BCUT2D eigenvalue weighted by Gasteiger charge is 2.27. The Bertz CT molecular complexity index is 639. The van der Waals surface area contributed by atoms with Crippen molar-refractivity contribution in [1.82, 2.24) is 0 Å². The maximum Gasteiger partial charge on any atom is 0.270 e. The first-order valence-electron chi connectivity index (χ1n) is 7.21. The van der Waals surface area contributed by atoms with Crippen molar-refractivity contribution in [1.29, 1.82) is 0 Å². The number of nitrogens with one attached hydrogen (secondary N) is 1. The van der Waals surface area contributed by atoms with E-state index >= 15 is 0 Å². The lowest BCUT2D eigenvalue weighted by atomic mass is 10.0. The van der Waals surface area contributed by atoms with E-state index in [1.165, 1.54) is 6.07 Å². The summed E-state index contributed by atoms with van der Waals surface area (Å²) >= 11 is 0. The van der Waals surface area contributed by atoms with Crippen molar-refractivity contribution in [2.75, 3.05) is 12.4 Å². The molecule has 1 N–H and O–H groups in total. The minimum atomic E-state index is -2.87. The Morgan fingerprint density at radius 2 is 1.68 bits per heavy atom. The SMILES string of the molecule is CNc1c(C)cc(OCc2ccccc2C(C)(F)F)cc1C. The van der Waals surface area contributed by atoms with E-state index in [0.717, 1.165) is 23.7 Å². The van der Waals surface area contributed by atoms with E-state index < -0.39 is 5.92 Å². The molecule has 0 bridgehead atoms. The van der Waals surface area contributed by atoms with Crippen molar-refractivity contribution in [3.63, 3.8) is 0 Å². The molecule has 4 heteroatoms. The molecule has 0 saturated heterocycles. The zero-order valence-corrected chi connectivity index (χ0v) is 13.3. The van der Waals surface area contributed by atoms with Crippen molar-refractivity contribution >= 4 is 5.69 Å². The van der Waals surface area contributed by atoms with Gasteiger partial charge in [0.1, 0.15) is 12.4 Å². The third kappa shape index (κ3) is 3.56. The van der Waals surface area contributed by atoms with Gasteiger partial charge in [0.15, 0.2) is 0 Å². The molecule has 22 heavy (non-hydrogen) atoms. The lowest BCUT2D eigenvalue weighted by Crippen LogP contribution is -2.12. The molecule has 0 saturated carbocycles. The normalized spacial score (nSPS) is 11.4. The number of aryl methyl sites for hydroxylation is 2.